The molecule has 4 heteroatoms. The van der Waals surface area contributed by atoms with E-state index in [1.807, 2.05) is 6.92 Å². The standard InChI is InChI=1S/C13H26N2O2/c1-10(14)6-7-12(17)15-9-13(2)8-4-3-5-11(13)16/h10-11,16H,3-9,14H2,1-2H3,(H,15,17). The summed E-state index contributed by atoms with van der Waals surface area (Å²) < 4.78 is 0. The maximum atomic E-state index is 11.6. The first-order valence-corrected chi connectivity index (χ1v) is 6.64. The number of amides is 1. The molecule has 0 heterocycles. The van der Waals surface area contributed by atoms with Crippen molar-refractivity contribution in [2.45, 2.75) is 64.5 Å². The highest BCUT2D eigenvalue weighted by atomic mass is 16.3. The van der Waals surface area contributed by atoms with Crippen molar-refractivity contribution in [3.63, 3.8) is 0 Å². The zero-order valence-corrected chi connectivity index (χ0v) is 11.0. The molecule has 3 atom stereocenters. The van der Waals surface area contributed by atoms with E-state index in [1.165, 1.54) is 0 Å². The summed E-state index contributed by atoms with van der Waals surface area (Å²) in [6, 6.07) is 0.0663. The Hall–Kier alpha value is -0.610. The van der Waals surface area contributed by atoms with E-state index >= 15 is 0 Å². The van der Waals surface area contributed by atoms with Crippen LogP contribution in [0.1, 0.15) is 52.4 Å². The Morgan fingerprint density at radius 2 is 2.29 bits per heavy atom. The molecule has 1 fully saturated rings. The lowest BCUT2D eigenvalue weighted by molar-refractivity contribution is -0.122. The molecule has 1 rings (SSSR count). The van der Waals surface area contributed by atoms with Gasteiger partial charge in [0.1, 0.15) is 0 Å². The molecule has 3 unspecified atom stereocenters. The van der Waals surface area contributed by atoms with Crippen LogP contribution in [0, 0.1) is 5.41 Å². The molecule has 0 aromatic heterocycles. The molecule has 1 amide bonds. The number of aliphatic hydroxyl groups is 1. The summed E-state index contributed by atoms with van der Waals surface area (Å²) in [6.45, 7) is 4.54. The summed E-state index contributed by atoms with van der Waals surface area (Å²) in [7, 11) is 0. The van der Waals surface area contributed by atoms with E-state index in [0.29, 0.717) is 19.4 Å². The third kappa shape index (κ3) is 4.64. The van der Waals surface area contributed by atoms with Crippen LogP contribution in [0.2, 0.25) is 0 Å². The number of nitrogens with one attached hydrogen (secondary N) is 1. The summed E-state index contributed by atoms with van der Waals surface area (Å²) in [5.41, 5.74) is 5.46. The van der Waals surface area contributed by atoms with Crippen LogP contribution in [0.25, 0.3) is 0 Å². The predicted molar refractivity (Wildman–Crippen MR) is 68.5 cm³/mol. The molecule has 0 bridgehead atoms. The molecule has 1 aliphatic rings. The molecular formula is C13H26N2O2. The molecule has 17 heavy (non-hydrogen) atoms. The monoisotopic (exact) mass is 242 g/mol. The van der Waals surface area contributed by atoms with Gasteiger partial charge in [-0.05, 0) is 26.2 Å². The smallest absolute Gasteiger partial charge is 0.220 e. The first-order valence-electron chi connectivity index (χ1n) is 6.64. The Kier molecular flexibility index (Phi) is 5.40. The van der Waals surface area contributed by atoms with Gasteiger partial charge in [-0.15, -0.1) is 0 Å². The average Bonchev–Trinajstić information content (AvgIpc) is 2.28. The maximum absolute atomic E-state index is 11.6. The van der Waals surface area contributed by atoms with Crippen molar-refractivity contribution >= 4 is 5.91 Å². The van der Waals surface area contributed by atoms with E-state index in [-0.39, 0.29) is 23.5 Å². The van der Waals surface area contributed by atoms with E-state index < -0.39 is 0 Å². The van der Waals surface area contributed by atoms with Crippen molar-refractivity contribution in [2.75, 3.05) is 6.54 Å². The Morgan fingerprint density at radius 1 is 1.59 bits per heavy atom. The fourth-order valence-electron chi connectivity index (χ4n) is 2.34. The third-order valence-corrected chi connectivity index (χ3v) is 3.80. The number of rotatable bonds is 5. The lowest BCUT2D eigenvalue weighted by Crippen LogP contribution is -2.45. The van der Waals surface area contributed by atoms with Gasteiger partial charge in [-0.3, -0.25) is 4.79 Å². The first kappa shape index (κ1) is 14.5. The van der Waals surface area contributed by atoms with Crippen LogP contribution < -0.4 is 11.1 Å². The van der Waals surface area contributed by atoms with E-state index in [2.05, 4.69) is 12.2 Å². The Morgan fingerprint density at radius 3 is 2.88 bits per heavy atom. The summed E-state index contributed by atoms with van der Waals surface area (Å²) in [5, 5.41) is 12.9. The second-order valence-corrected chi connectivity index (χ2v) is 5.71. The zero-order valence-electron chi connectivity index (χ0n) is 11.0. The highest BCUT2D eigenvalue weighted by molar-refractivity contribution is 5.75. The Balaban J connectivity index is 2.30. The highest BCUT2D eigenvalue weighted by Gasteiger charge is 2.35. The van der Waals surface area contributed by atoms with Crippen LogP contribution >= 0.6 is 0 Å². The third-order valence-electron chi connectivity index (χ3n) is 3.80. The molecule has 1 aliphatic carbocycles. The van der Waals surface area contributed by atoms with Gasteiger partial charge in [0.2, 0.25) is 5.91 Å². The van der Waals surface area contributed by atoms with Gasteiger partial charge in [0.15, 0.2) is 0 Å². The van der Waals surface area contributed by atoms with E-state index in [0.717, 1.165) is 25.7 Å². The van der Waals surface area contributed by atoms with Crippen LogP contribution in [-0.2, 0) is 4.79 Å². The van der Waals surface area contributed by atoms with Gasteiger partial charge < -0.3 is 16.2 Å². The molecule has 4 nitrogen and oxygen atoms in total. The van der Waals surface area contributed by atoms with Crippen LogP contribution in [0.4, 0.5) is 0 Å². The van der Waals surface area contributed by atoms with Crippen LogP contribution in [0.15, 0.2) is 0 Å². The number of carbonyl (C=O) groups excluding carboxylic acids is 1. The molecule has 0 radical (unpaired) electrons. The number of carbonyl (C=O) groups is 1. The fourth-order valence-corrected chi connectivity index (χ4v) is 2.34. The lowest BCUT2D eigenvalue weighted by Gasteiger charge is -2.38. The minimum absolute atomic E-state index is 0.0429. The van der Waals surface area contributed by atoms with Crippen molar-refractivity contribution in [1.29, 1.82) is 0 Å². The maximum Gasteiger partial charge on any atom is 0.220 e. The molecule has 1 saturated carbocycles. The van der Waals surface area contributed by atoms with Gasteiger partial charge in [-0.2, -0.15) is 0 Å². The molecule has 0 aromatic rings. The van der Waals surface area contributed by atoms with Crippen molar-refractivity contribution in [3.05, 3.63) is 0 Å². The van der Waals surface area contributed by atoms with Crippen molar-refractivity contribution in [3.8, 4) is 0 Å². The largest absolute Gasteiger partial charge is 0.392 e. The fraction of sp³-hybridized carbons (Fsp3) is 0.923. The van der Waals surface area contributed by atoms with E-state index in [9.17, 15) is 9.90 Å². The Labute approximate surface area is 104 Å². The van der Waals surface area contributed by atoms with Gasteiger partial charge in [-0.25, -0.2) is 0 Å². The number of aliphatic hydroxyl groups excluding tert-OH is 1. The second kappa shape index (κ2) is 6.36. The normalized spacial score (nSPS) is 30.9. The summed E-state index contributed by atoms with van der Waals surface area (Å²) in [4.78, 5) is 11.6. The molecule has 0 saturated heterocycles. The molecular weight excluding hydrogens is 216 g/mol. The second-order valence-electron chi connectivity index (χ2n) is 5.71. The highest BCUT2D eigenvalue weighted by Crippen LogP contribution is 2.35. The van der Waals surface area contributed by atoms with E-state index in [1.54, 1.807) is 0 Å². The molecule has 0 spiro atoms. The van der Waals surface area contributed by atoms with Gasteiger partial charge in [-0.1, -0.05) is 19.8 Å². The van der Waals surface area contributed by atoms with Gasteiger partial charge in [0.25, 0.3) is 0 Å². The average molecular weight is 242 g/mol. The Bertz CT molecular complexity index is 256. The van der Waals surface area contributed by atoms with Crippen LogP contribution in [0.5, 0.6) is 0 Å². The van der Waals surface area contributed by atoms with Gasteiger partial charge in [0.05, 0.1) is 6.10 Å². The van der Waals surface area contributed by atoms with Gasteiger partial charge in [0, 0.05) is 24.4 Å². The van der Waals surface area contributed by atoms with Crippen molar-refractivity contribution < 1.29 is 9.90 Å². The minimum Gasteiger partial charge on any atom is -0.392 e. The first-order chi connectivity index (χ1) is 7.94. The van der Waals surface area contributed by atoms with Crippen LogP contribution in [-0.4, -0.2) is 29.7 Å². The minimum atomic E-state index is -0.287. The predicted octanol–water partition coefficient (Wildman–Crippen LogP) is 1.17. The molecule has 100 valence electrons. The van der Waals surface area contributed by atoms with Gasteiger partial charge >= 0.3 is 0 Å². The number of hydrogen-bond acceptors (Lipinski definition) is 3. The quantitative estimate of drug-likeness (QED) is 0.677. The van der Waals surface area contributed by atoms with Crippen molar-refractivity contribution in [2.24, 2.45) is 11.1 Å². The molecule has 4 N–H and O–H groups in total. The van der Waals surface area contributed by atoms with Crippen LogP contribution in [0.3, 0.4) is 0 Å². The summed E-state index contributed by atoms with van der Waals surface area (Å²) >= 11 is 0. The van der Waals surface area contributed by atoms with Crippen molar-refractivity contribution in [1.82, 2.24) is 5.32 Å². The molecule has 0 aromatic carbocycles. The van der Waals surface area contributed by atoms with E-state index in [4.69, 9.17) is 5.73 Å². The number of nitrogens with two attached hydrogens (primary N) is 1. The zero-order chi connectivity index (χ0) is 12.9. The lowest BCUT2D eigenvalue weighted by atomic mass is 9.73. The summed E-state index contributed by atoms with van der Waals surface area (Å²) in [5.74, 6) is 0.0429. The SMILES string of the molecule is CC(N)CCC(=O)NCC1(C)CCCCC1O. The topological polar surface area (TPSA) is 75.4 Å². The summed E-state index contributed by atoms with van der Waals surface area (Å²) in [6.07, 6.45) is 4.98. The molecule has 0 aliphatic heterocycles. The number of hydrogen-bond donors (Lipinski definition) is 3.